The first-order chi connectivity index (χ1) is 18.0. The number of allylic oxidation sites excluding steroid dienone is 1. The van der Waals surface area contributed by atoms with Crippen molar-refractivity contribution in [2.75, 3.05) is 13.1 Å². The molecule has 0 bridgehead atoms. The van der Waals surface area contributed by atoms with Crippen molar-refractivity contribution in [3.63, 3.8) is 0 Å². The number of nitrogens with one attached hydrogen (secondary N) is 2. The van der Waals surface area contributed by atoms with Gasteiger partial charge in [0.25, 0.3) is 0 Å². The van der Waals surface area contributed by atoms with Gasteiger partial charge in [-0.15, -0.1) is 0 Å². The topological polar surface area (TPSA) is 125 Å². The second kappa shape index (κ2) is 9.07. The average Bonchev–Trinajstić information content (AvgIpc) is 3.51. The summed E-state index contributed by atoms with van der Waals surface area (Å²) >= 11 is 0. The number of nitrogens with two attached hydrogens (primary N) is 1. The summed E-state index contributed by atoms with van der Waals surface area (Å²) in [6, 6.07) is 12.1. The zero-order valence-corrected chi connectivity index (χ0v) is 20.1. The molecule has 5 heterocycles. The fraction of sp³-hybridized carbons (Fsp3) is 0.148. The molecule has 10 heteroatoms. The van der Waals surface area contributed by atoms with E-state index >= 15 is 0 Å². The summed E-state index contributed by atoms with van der Waals surface area (Å²) in [6.45, 7) is 7.32. The first kappa shape index (κ1) is 22.7. The van der Waals surface area contributed by atoms with Gasteiger partial charge < -0.3 is 15.6 Å². The number of hydrogen-bond donors (Lipinski definition) is 3. The highest BCUT2D eigenvalue weighted by Gasteiger charge is 2.25. The van der Waals surface area contributed by atoms with Gasteiger partial charge in [0.05, 0.1) is 28.1 Å². The van der Waals surface area contributed by atoms with Crippen molar-refractivity contribution in [3.8, 4) is 22.8 Å². The lowest BCUT2D eigenvalue weighted by Crippen LogP contribution is -2.57. The van der Waals surface area contributed by atoms with E-state index in [-0.39, 0.29) is 11.9 Å². The summed E-state index contributed by atoms with van der Waals surface area (Å²) < 4.78 is 13.9. The fourth-order valence-corrected chi connectivity index (χ4v) is 4.44. The number of hydrogen-bond acceptors (Lipinski definition) is 6. The molecule has 1 aliphatic heterocycles. The number of aliphatic imine (C=N–C) groups is 1. The van der Waals surface area contributed by atoms with Gasteiger partial charge in [-0.1, -0.05) is 24.8 Å². The van der Waals surface area contributed by atoms with Crippen molar-refractivity contribution < 1.29 is 4.39 Å². The molecule has 0 saturated carbocycles. The summed E-state index contributed by atoms with van der Waals surface area (Å²) in [6.07, 6.45) is 5.31. The second-order valence-corrected chi connectivity index (χ2v) is 8.83. The molecule has 37 heavy (non-hydrogen) atoms. The van der Waals surface area contributed by atoms with Crippen molar-refractivity contribution in [1.82, 2.24) is 35.0 Å². The van der Waals surface area contributed by atoms with Crippen molar-refractivity contribution in [1.29, 1.82) is 0 Å². The molecule has 5 aromatic rings. The van der Waals surface area contributed by atoms with E-state index < -0.39 is 0 Å². The number of H-pyrrole nitrogens is 2. The Morgan fingerprint density at radius 1 is 1.14 bits per heavy atom. The normalized spacial score (nSPS) is 14.9. The van der Waals surface area contributed by atoms with Gasteiger partial charge in [0.1, 0.15) is 22.7 Å². The zero-order valence-electron chi connectivity index (χ0n) is 20.1. The molecule has 0 aliphatic carbocycles. The number of fused-ring (bicyclic) bond motifs is 2. The van der Waals surface area contributed by atoms with Crippen LogP contribution >= 0.6 is 0 Å². The van der Waals surface area contributed by atoms with Crippen molar-refractivity contribution in [3.05, 3.63) is 78.9 Å². The van der Waals surface area contributed by atoms with E-state index in [1.165, 1.54) is 12.1 Å². The van der Waals surface area contributed by atoms with E-state index in [9.17, 15) is 4.39 Å². The highest BCUT2D eigenvalue weighted by Crippen LogP contribution is 2.30. The van der Waals surface area contributed by atoms with E-state index in [1.54, 1.807) is 18.3 Å². The Bertz CT molecular complexity index is 1710. The van der Waals surface area contributed by atoms with Gasteiger partial charge in [-0.3, -0.25) is 10.1 Å². The molecule has 1 fully saturated rings. The number of amidine groups is 1. The van der Waals surface area contributed by atoms with Crippen LogP contribution in [0.15, 0.2) is 72.4 Å². The maximum absolute atomic E-state index is 13.9. The number of imidazole rings is 1. The summed E-state index contributed by atoms with van der Waals surface area (Å²) in [5.74, 6) is 0.961. The van der Waals surface area contributed by atoms with E-state index in [2.05, 4.69) is 31.6 Å². The molecule has 9 nitrogen and oxygen atoms in total. The van der Waals surface area contributed by atoms with Crippen LogP contribution in [-0.4, -0.2) is 60.0 Å². The predicted molar refractivity (Wildman–Crippen MR) is 143 cm³/mol. The van der Waals surface area contributed by atoms with Gasteiger partial charge in [-0.25, -0.2) is 19.4 Å². The van der Waals surface area contributed by atoms with Crippen LogP contribution in [0.2, 0.25) is 0 Å². The highest BCUT2D eigenvalue weighted by molar-refractivity contribution is 5.98. The number of nitrogens with zero attached hydrogens (tertiary/aromatic N) is 6. The van der Waals surface area contributed by atoms with E-state index in [1.807, 2.05) is 37.3 Å². The lowest BCUT2D eigenvalue weighted by Gasteiger charge is -2.38. The molecule has 0 radical (unpaired) electrons. The van der Waals surface area contributed by atoms with Crippen molar-refractivity contribution >= 4 is 33.6 Å². The van der Waals surface area contributed by atoms with Crippen LogP contribution < -0.4 is 5.73 Å². The molecule has 0 amide bonds. The van der Waals surface area contributed by atoms with Crippen LogP contribution in [0.3, 0.4) is 0 Å². The van der Waals surface area contributed by atoms with Gasteiger partial charge in [-0.2, -0.15) is 5.10 Å². The predicted octanol–water partition coefficient (Wildman–Crippen LogP) is 4.29. The second-order valence-electron chi connectivity index (χ2n) is 8.83. The van der Waals surface area contributed by atoms with Crippen LogP contribution in [0.4, 0.5) is 4.39 Å². The van der Waals surface area contributed by atoms with Crippen molar-refractivity contribution in [2.45, 2.75) is 13.0 Å². The monoisotopic (exact) mass is 493 g/mol. The lowest BCUT2D eigenvalue weighted by atomic mass is 10.1. The van der Waals surface area contributed by atoms with Crippen LogP contribution in [0.1, 0.15) is 12.6 Å². The minimum Gasteiger partial charge on any atom is -0.353 e. The number of likely N-dealkylation sites (tertiary alicyclic amines) is 1. The SMILES string of the molecule is C=CC(=N/C(=C\C)c1ccc2[nH]nc(-c3nc4c(-c5cccc(F)c5)nccc4[nH]3)c2n1)N1CC(N)C1. The molecule has 6 rings (SSSR count). The molecular formula is C27H24FN9. The molecule has 4 aromatic heterocycles. The smallest absolute Gasteiger partial charge is 0.161 e. The first-order valence-electron chi connectivity index (χ1n) is 11.9. The molecular weight excluding hydrogens is 469 g/mol. The molecule has 1 aromatic carbocycles. The molecule has 0 unspecified atom stereocenters. The first-order valence-corrected chi connectivity index (χ1v) is 11.9. The minimum atomic E-state index is -0.332. The van der Waals surface area contributed by atoms with Crippen LogP contribution in [0, 0.1) is 5.82 Å². The Balaban J connectivity index is 1.41. The molecule has 184 valence electrons. The Hall–Kier alpha value is -4.70. The summed E-state index contributed by atoms with van der Waals surface area (Å²) in [4.78, 5) is 24.3. The molecule has 1 aliphatic rings. The number of benzene rings is 1. The Morgan fingerprint density at radius 2 is 1.97 bits per heavy atom. The number of aromatic nitrogens is 6. The number of halogens is 1. The standard InChI is InChI=1S/C27H24FN9/c1-3-18(31-22(4-2)37-13-17(29)14-37)19-8-9-21-25(32-19)26(36-35-21)27-33-20-10-11-30-23(24(20)34-27)15-6-5-7-16(28)12-15/h3-12,17H,2,13-14,29H2,1H3,(H,33,34)(H,35,36)/b18-3-,31-22?. The van der Waals surface area contributed by atoms with Crippen LogP contribution in [-0.2, 0) is 0 Å². The maximum atomic E-state index is 13.9. The van der Waals surface area contributed by atoms with Crippen molar-refractivity contribution in [2.24, 2.45) is 10.7 Å². The number of aromatic amines is 2. The quantitative estimate of drug-likeness (QED) is 0.248. The number of pyridine rings is 2. The minimum absolute atomic E-state index is 0.155. The van der Waals surface area contributed by atoms with Gasteiger partial charge in [0.15, 0.2) is 11.5 Å². The maximum Gasteiger partial charge on any atom is 0.161 e. The molecule has 1 saturated heterocycles. The average molecular weight is 494 g/mol. The van der Waals surface area contributed by atoms with Crippen LogP contribution in [0.25, 0.3) is 50.5 Å². The van der Waals surface area contributed by atoms with Gasteiger partial charge >= 0.3 is 0 Å². The fourth-order valence-electron chi connectivity index (χ4n) is 4.44. The molecule has 4 N–H and O–H groups in total. The van der Waals surface area contributed by atoms with Gasteiger partial charge in [0.2, 0.25) is 0 Å². The third-order valence-electron chi connectivity index (χ3n) is 6.32. The summed E-state index contributed by atoms with van der Waals surface area (Å²) in [7, 11) is 0. The Kier molecular flexibility index (Phi) is 5.57. The van der Waals surface area contributed by atoms with E-state index in [0.29, 0.717) is 45.2 Å². The highest BCUT2D eigenvalue weighted by atomic mass is 19.1. The Labute approximate surface area is 211 Å². The third kappa shape index (κ3) is 4.07. The van der Waals surface area contributed by atoms with Gasteiger partial charge in [0, 0.05) is 30.9 Å². The number of rotatable bonds is 5. The Morgan fingerprint density at radius 3 is 2.73 bits per heavy atom. The lowest BCUT2D eigenvalue weighted by molar-refractivity contribution is 0.256. The van der Waals surface area contributed by atoms with Gasteiger partial charge in [-0.05, 0) is 43.3 Å². The zero-order chi connectivity index (χ0) is 25.5. The van der Waals surface area contributed by atoms with E-state index in [0.717, 1.165) is 30.0 Å². The third-order valence-corrected chi connectivity index (χ3v) is 6.32. The largest absolute Gasteiger partial charge is 0.353 e. The van der Waals surface area contributed by atoms with E-state index in [4.69, 9.17) is 20.7 Å². The summed E-state index contributed by atoms with van der Waals surface area (Å²) in [5, 5.41) is 7.52. The molecule has 0 spiro atoms. The molecule has 0 atom stereocenters. The van der Waals surface area contributed by atoms with Crippen LogP contribution in [0.5, 0.6) is 0 Å². The summed E-state index contributed by atoms with van der Waals surface area (Å²) in [5.41, 5.74) is 11.9.